The van der Waals surface area contributed by atoms with E-state index in [1.165, 1.54) is 26.8 Å². The summed E-state index contributed by atoms with van der Waals surface area (Å²) in [4.78, 5) is 73.1. The van der Waals surface area contributed by atoms with Crippen LogP contribution in [0, 0.1) is 29.6 Å². The summed E-state index contributed by atoms with van der Waals surface area (Å²) < 4.78 is 0. The van der Waals surface area contributed by atoms with Crippen molar-refractivity contribution in [2.45, 2.75) is 106 Å². The van der Waals surface area contributed by atoms with Gasteiger partial charge in [-0.3, -0.25) is 24.0 Å². The van der Waals surface area contributed by atoms with E-state index in [0.717, 1.165) is 0 Å². The number of phenols is 2. The van der Waals surface area contributed by atoms with Crippen molar-refractivity contribution in [3.05, 3.63) is 23.8 Å². The fourth-order valence-corrected chi connectivity index (χ4v) is 6.45. The van der Waals surface area contributed by atoms with E-state index >= 15 is 0 Å². The van der Waals surface area contributed by atoms with Gasteiger partial charge in [0.2, 0.25) is 29.5 Å². The van der Waals surface area contributed by atoms with Gasteiger partial charge in [0.05, 0.1) is 6.04 Å². The van der Waals surface area contributed by atoms with Crippen LogP contribution in [-0.4, -0.2) is 119 Å². The van der Waals surface area contributed by atoms with Crippen molar-refractivity contribution < 1.29 is 34.2 Å². The van der Waals surface area contributed by atoms with E-state index in [-0.39, 0.29) is 59.4 Å². The van der Waals surface area contributed by atoms with Crippen molar-refractivity contribution in [1.82, 2.24) is 30.7 Å². The number of likely N-dealkylation sites (N-methyl/N-ethyl adjacent to an activating group) is 4. The Balaban J connectivity index is 3.26. The lowest BCUT2D eigenvalue weighted by Crippen LogP contribution is -2.62. The summed E-state index contributed by atoms with van der Waals surface area (Å²) in [6.07, 6.45) is 0.395. The second-order valence-electron chi connectivity index (χ2n) is 15.0. The van der Waals surface area contributed by atoms with Crippen LogP contribution in [0.25, 0.3) is 0 Å². The monoisotopic (exact) mass is 704 g/mol. The molecule has 0 saturated heterocycles. The van der Waals surface area contributed by atoms with Gasteiger partial charge >= 0.3 is 0 Å². The lowest BCUT2D eigenvalue weighted by atomic mass is 9.94. The Morgan fingerprint density at radius 2 is 1.04 bits per heavy atom. The van der Waals surface area contributed by atoms with E-state index in [4.69, 9.17) is 0 Å². The maximum atomic E-state index is 14.3. The molecule has 0 aliphatic heterocycles. The molecule has 1 rings (SSSR count). The van der Waals surface area contributed by atoms with Gasteiger partial charge in [0.1, 0.15) is 24.2 Å². The fourth-order valence-electron chi connectivity index (χ4n) is 6.45. The summed E-state index contributed by atoms with van der Waals surface area (Å²) in [7, 11) is 6.35. The van der Waals surface area contributed by atoms with Crippen LogP contribution in [0.3, 0.4) is 0 Å². The van der Waals surface area contributed by atoms with Crippen LogP contribution in [-0.2, 0) is 30.4 Å². The Hall–Kier alpha value is -3.87. The Bertz CT molecular complexity index is 1310. The zero-order valence-corrected chi connectivity index (χ0v) is 32.7. The summed E-state index contributed by atoms with van der Waals surface area (Å²) >= 11 is 0. The van der Waals surface area contributed by atoms with Crippen LogP contribution in [0.1, 0.15) is 74.8 Å². The predicted octanol–water partition coefficient (Wildman–Crippen LogP) is 2.59. The molecule has 0 spiro atoms. The number of hydrogen-bond donors (Lipinski definition) is 5. The van der Waals surface area contributed by atoms with Crippen molar-refractivity contribution in [2.75, 3.05) is 34.7 Å². The molecule has 0 fully saturated rings. The third-order valence-electron chi connectivity index (χ3n) is 9.21. The maximum absolute atomic E-state index is 14.3. The van der Waals surface area contributed by atoms with Crippen molar-refractivity contribution in [3.63, 3.8) is 0 Å². The number of nitrogens with one attached hydrogen (secondary N) is 3. The van der Waals surface area contributed by atoms with Gasteiger partial charge in [-0.25, -0.2) is 0 Å². The van der Waals surface area contributed by atoms with Crippen LogP contribution in [0.5, 0.6) is 11.5 Å². The van der Waals surface area contributed by atoms with Crippen LogP contribution in [0.15, 0.2) is 18.2 Å². The summed E-state index contributed by atoms with van der Waals surface area (Å²) in [5, 5.41) is 28.1. The zero-order valence-electron chi connectivity index (χ0n) is 32.7. The molecule has 0 bridgehead atoms. The van der Waals surface area contributed by atoms with E-state index in [2.05, 4.69) is 16.0 Å². The van der Waals surface area contributed by atoms with Crippen molar-refractivity contribution in [3.8, 4) is 11.5 Å². The molecule has 0 unspecified atom stereocenters. The van der Waals surface area contributed by atoms with Gasteiger partial charge in [0, 0.05) is 27.7 Å². The molecule has 13 heteroatoms. The number of aromatic hydroxyl groups is 2. The van der Waals surface area contributed by atoms with Gasteiger partial charge in [-0.15, -0.1) is 0 Å². The molecule has 0 saturated carbocycles. The normalized spacial score (nSPS) is 14.7. The molecule has 5 N–H and O–H groups in total. The van der Waals surface area contributed by atoms with Crippen LogP contribution in [0.4, 0.5) is 0 Å². The summed E-state index contributed by atoms with van der Waals surface area (Å²) in [6, 6.07) is 0.379. The first-order chi connectivity index (χ1) is 23.1. The Kier molecular flexibility index (Phi) is 17.2. The highest BCUT2D eigenvalue weighted by atomic mass is 16.3. The average Bonchev–Trinajstić information content (AvgIpc) is 3.00. The number of phenolic OH excluding ortho intramolecular Hbond substituents is 2. The summed E-state index contributed by atoms with van der Waals surface area (Å²) in [6.45, 7) is 18.7. The number of benzene rings is 1. The van der Waals surface area contributed by atoms with Gasteiger partial charge in [-0.2, -0.15) is 0 Å². The van der Waals surface area contributed by atoms with Crippen LogP contribution >= 0.6 is 0 Å². The molecule has 50 heavy (non-hydrogen) atoms. The minimum Gasteiger partial charge on any atom is -0.504 e. The number of rotatable bonds is 18. The Morgan fingerprint density at radius 3 is 1.44 bits per heavy atom. The third kappa shape index (κ3) is 11.3. The number of nitrogens with zero attached hydrogens (tertiary/aromatic N) is 3. The largest absolute Gasteiger partial charge is 0.504 e. The van der Waals surface area contributed by atoms with Crippen molar-refractivity contribution >= 4 is 29.5 Å². The molecule has 0 aliphatic rings. The van der Waals surface area contributed by atoms with Gasteiger partial charge in [0.15, 0.2) is 11.5 Å². The van der Waals surface area contributed by atoms with Crippen molar-refractivity contribution in [1.29, 1.82) is 0 Å². The fraction of sp³-hybridized carbons (Fsp3) is 0.703. The minimum absolute atomic E-state index is 0.00908. The van der Waals surface area contributed by atoms with E-state index < -0.39 is 47.9 Å². The van der Waals surface area contributed by atoms with E-state index in [1.807, 2.05) is 69.2 Å². The van der Waals surface area contributed by atoms with Gasteiger partial charge < -0.3 is 40.9 Å². The summed E-state index contributed by atoms with van der Waals surface area (Å²) in [5.74, 6) is -3.57. The second kappa shape index (κ2) is 19.5. The van der Waals surface area contributed by atoms with E-state index in [0.29, 0.717) is 12.0 Å². The number of carbonyl (C=O) groups is 5. The predicted molar refractivity (Wildman–Crippen MR) is 195 cm³/mol. The first-order valence-corrected chi connectivity index (χ1v) is 17.7. The molecule has 0 aromatic heterocycles. The lowest BCUT2D eigenvalue weighted by molar-refractivity contribution is -0.155. The van der Waals surface area contributed by atoms with Gasteiger partial charge in [-0.05, 0) is 60.8 Å². The number of hydrogen-bond acceptors (Lipinski definition) is 8. The lowest BCUT2D eigenvalue weighted by Gasteiger charge is -2.41. The van der Waals surface area contributed by atoms with Crippen molar-refractivity contribution in [2.24, 2.45) is 29.6 Å². The smallest absolute Gasteiger partial charge is 0.246 e. The standard InChI is InChI=1S/C37H64N6O7/c1-20(2)28(38-11)33(46)40-29(21(3)4)35(48)42(13)31(23(7)8)37(50)43(14)32(24(9)10)36(49)41(12)30(22(5)6)34(47)39-18-17-25-15-16-26(44)27(45)19-25/h15-16,19-24,28-32,38,44-45H,17-18H2,1-14H3,(H,39,47)(H,40,46)/t28-,29-,30-,31-,32-/m0/s1. The quantitative estimate of drug-likeness (QED) is 0.145. The van der Waals surface area contributed by atoms with Gasteiger partial charge in [0.25, 0.3) is 0 Å². The first kappa shape index (κ1) is 44.2. The molecule has 284 valence electrons. The second-order valence-corrected chi connectivity index (χ2v) is 15.0. The number of amides is 5. The molecule has 0 aliphatic carbocycles. The first-order valence-electron chi connectivity index (χ1n) is 17.7. The molecular weight excluding hydrogens is 640 g/mol. The molecule has 1 aromatic rings. The molecule has 0 radical (unpaired) electrons. The molecule has 0 heterocycles. The van der Waals surface area contributed by atoms with E-state index in [9.17, 15) is 34.2 Å². The van der Waals surface area contributed by atoms with Crippen LogP contribution in [0.2, 0.25) is 0 Å². The Morgan fingerprint density at radius 1 is 0.600 bits per heavy atom. The van der Waals surface area contributed by atoms with Gasteiger partial charge in [-0.1, -0.05) is 75.3 Å². The van der Waals surface area contributed by atoms with Crippen LogP contribution < -0.4 is 16.0 Å². The molecule has 5 amide bonds. The third-order valence-corrected chi connectivity index (χ3v) is 9.21. The SMILES string of the molecule is CN[C@H](C(=O)N[C@H](C(=O)N(C)[C@H](C(=O)N(C)[C@H](C(=O)N(C)[C@H](C(=O)NCCc1ccc(O)c(O)c1)C(C)C)C(C)C)C(C)C)C(C)C)C(C)C. The average molecular weight is 705 g/mol. The maximum Gasteiger partial charge on any atom is 0.246 e. The topological polar surface area (TPSA) is 172 Å². The zero-order chi connectivity index (χ0) is 38.8. The molecular formula is C37H64N6O7. The molecule has 13 nitrogen and oxygen atoms in total. The Labute approximate surface area is 299 Å². The molecule has 5 atom stereocenters. The highest BCUT2D eigenvalue weighted by Gasteiger charge is 2.42. The minimum atomic E-state index is -0.936. The van der Waals surface area contributed by atoms with E-state index in [1.54, 1.807) is 34.3 Å². The highest BCUT2D eigenvalue weighted by molar-refractivity contribution is 5.96. The summed E-state index contributed by atoms with van der Waals surface area (Å²) in [5.41, 5.74) is 0.717. The number of carbonyl (C=O) groups excluding carboxylic acids is 5. The molecule has 1 aromatic carbocycles. The highest BCUT2D eigenvalue weighted by Crippen LogP contribution is 2.25.